The Hall–Kier alpha value is -0.990. The minimum atomic E-state index is 0.556. The van der Waals surface area contributed by atoms with Gasteiger partial charge in [-0.3, -0.25) is 0 Å². The number of rotatable bonds is 5. The first-order valence-corrected chi connectivity index (χ1v) is 9.60. The molecule has 0 saturated carbocycles. The van der Waals surface area contributed by atoms with Gasteiger partial charge in [-0.1, -0.05) is 66.7 Å². The maximum atomic E-state index is 7.98. The normalized spacial score (nSPS) is 12.6. The van der Waals surface area contributed by atoms with Gasteiger partial charge < -0.3 is 4.74 Å². The van der Waals surface area contributed by atoms with Gasteiger partial charge in [-0.05, 0) is 25.7 Å². The molecule has 0 N–H and O–H groups in total. The summed E-state index contributed by atoms with van der Waals surface area (Å²) in [5.41, 5.74) is 0. The molecule has 1 heterocycles. The zero-order chi connectivity index (χ0) is 18.2. The Morgan fingerprint density at radius 3 is 2.00 bits per heavy atom. The van der Waals surface area contributed by atoms with E-state index < -0.39 is 0 Å². The Morgan fingerprint density at radius 2 is 1.57 bits per heavy atom. The van der Waals surface area contributed by atoms with Gasteiger partial charge in [0.1, 0.15) is 0 Å². The lowest BCUT2D eigenvalue weighted by Crippen LogP contribution is -2.15. The first kappa shape index (κ1) is 26.9. The van der Waals surface area contributed by atoms with Gasteiger partial charge in [0.2, 0.25) is 0 Å². The van der Waals surface area contributed by atoms with Crippen molar-refractivity contribution in [1.82, 2.24) is 0 Å². The summed E-state index contributed by atoms with van der Waals surface area (Å²) >= 11 is 0. The largest absolute Gasteiger partial charge is 0.381 e. The number of hydrogen-bond donors (Lipinski definition) is 0. The van der Waals surface area contributed by atoms with E-state index in [1.807, 2.05) is 19.9 Å². The van der Waals surface area contributed by atoms with Crippen molar-refractivity contribution in [3.8, 4) is 17.9 Å². The Morgan fingerprint density at radius 1 is 1.00 bits per heavy atom. The highest BCUT2D eigenvalue weighted by molar-refractivity contribution is 4.96. The molecular formula is C21H41NO. The average Bonchev–Trinajstić information content (AvgIpc) is 2.60. The molecule has 2 nitrogen and oxygen atoms in total. The van der Waals surface area contributed by atoms with E-state index >= 15 is 0 Å². The molecule has 1 rings (SSSR count). The monoisotopic (exact) mass is 323 g/mol. The summed E-state index contributed by atoms with van der Waals surface area (Å²) < 4.78 is 5.31. The molecule has 0 atom stereocenters. The zero-order valence-corrected chi connectivity index (χ0v) is 16.7. The lowest BCUT2D eigenvalue weighted by Gasteiger charge is -2.21. The molecule has 0 aromatic carbocycles. The van der Waals surface area contributed by atoms with Gasteiger partial charge >= 0.3 is 0 Å². The van der Waals surface area contributed by atoms with Crippen LogP contribution >= 0.6 is 0 Å². The van der Waals surface area contributed by atoms with Crippen LogP contribution < -0.4 is 0 Å². The van der Waals surface area contributed by atoms with Gasteiger partial charge in [0.05, 0.1) is 6.07 Å². The van der Waals surface area contributed by atoms with Crippen LogP contribution in [-0.4, -0.2) is 13.2 Å². The van der Waals surface area contributed by atoms with Crippen molar-refractivity contribution in [3.63, 3.8) is 0 Å². The van der Waals surface area contributed by atoms with Crippen LogP contribution in [0.5, 0.6) is 0 Å². The van der Waals surface area contributed by atoms with Gasteiger partial charge in [-0.25, -0.2) is 0 Å². The van der Waals surface area contributed by atoms with Crippen molar-refractivity contribution in [1.29, 1.82) is 5.26 Å². The molecule has 0 spiro atoms. The Balaban J connectivity index is -0.000000288. The van der Waals surface area contributed by atoms with Crippen LogP contribution in [0.25, 0.3) is 0 Å². The number of nitriles is 1. The Bertz CT molecular complexity index is 276. The van der Waals surface area contributed by atoms with Crippen LogP contribution in [0, 0.1) is 29.1 Å². The standard InChI is InChI=1S/C10H20O.C6H7N.C3H8.C2H6/c1-2-3-4-5-10-6-8-11-9-7-10;1-2-3-4-5-6-7;1-3-2;1-2/h10H,2-9H2,1H3;4-5H2,1H3;3H2,1-2H3;1-2H3. The van der Waals surface area contributed by atoms with Crippen molar-refractivity contribution in [2.45, 2.75) is 99.3 Å². The van der Waals surface area contributed by atoms with Crippen LogP contribution in [0.1, 0.15) is 99.3 Å². The summed E-state index contributed by atoms with van der Waals surface area (Å²) in [6.07, 6.45) is 10.8. The van der Waals surface area contributed by atoms with Crippen LogP contribution in [0.4, 0.5) is 0 Å². The summed E-state index contributed by atoms with van der Waals surface area (Å²) in [5, 5.41) is 7.98. The molecule has 0 aromatic rings. The summed E-state index contributed by atoms with van der Waals surface area (Å²) in [6.45, 7) is 14.3. The smallest absolute Gasteiger partial charge is 0.0631 e. The number of hydrogen-bond acceptors (Lipinski definition) is 2. The molecule has 0 unspecified atom stereocenters. The van der Waals surface area contributed by atoms with E-state index in [1.165, 1.54) is 44.9 Å². The third kappa shape index (κ3) is 29.6. The molecule has 0 amide bonds. The molecule has 2 heteroatoms. The van der Waals surface area contributed by atoms with E-state index in [0.717, 1.165) is 19.1 Å². The molecule has 0 aromatic heterocycles. The number of ether oxygens (including phenoxy) is 1. The van der Waals surface area contributed by atoms with Crippen molar-refractivity contribution in [3.05, 3.63) is 0 Å². The Kier molecular flexibility index (Phi) is 34.0. The van der Waals surface area contributed by atoms with Gasteiger partial charge in [0.25, 0.3) is 0 Å². The zero-order valence-electron chi connectivity index (χ0n) is 16.7. The lowest BCUT2D eigenvalue weighted by molar-refractivity contribution is 0.0631. The molecule has 1 aliphatic heterocycles. The molecule has 0 radical (unpaired) electrons. The molecule has 1 fully saturated rings. The van der Waals surface area contributed by atoms with E-state index in [0.29, 0.717) is 12.8 Å². The van der Waals surface area contributed by atoms with Crippen molar-refractivity contribution in [2.24, 2.45) is 5.92 Å². The van der Waals surface area contributed by atoms with Crippen molar-refractivity contribution >= 4 is 0 Å². The fourth-order valence-electron chi connectivity index (χ4n) is 1.96. The second-order valence-electron chi connectivity index (χ2n) is 5.34. The third-order valence-corrected chi connectivity index (χ3v) is 3.10. The van der Waals surface area contributed by atoms with E-state index in [-0.39, 0.29) is 0 Å². The molecule has 23 heavy (non-hydrogen) atoms. The van der Waals surface area contributed by atoms with E-state index in [2.05, 4.69) is 32.6 Å². The minimum Gasteiger partial charge on any atom is -0.381 e. The van der Waals surface area contributed by atoms with Crippen LogP contribution in [0.3, 0.4) is 0 Å². The quantitative estimate of drug-likeness (QED) is 0.414. The van der Waals surface area contributed by atoms with Crippen molar-refractivity contribution in [2.75, 3.05) is 13.2 Å². The molecule has 1 saturated heterocycles. The second kappa shape index (κ2) is 29.1. The predicted octanol–water partition coefficient (Wildman–Crippen LogP) is 6.75. The molecule has 0 aliphatic carbocycles. The summed E-state index contributed by atoms with van der Waals surface area (Å²) in [7, 11) is 0. The second-order valence-corrected chi connectivity index (χ2v) is 5.34. The van der Waals surface area contributed by atoms with Gasteiger partial charge in [-0.15, -0.1) is 11.8 Å². The van der Waals surface area contributed by atoms with Gasteiger partial charge in [0, 0.05) is 26.1 Å². The fraction of sp³-hybridized carbons (Fsp3) is 0.857. The van der Waals surface area contributed by atoms with Gasteiger partial charge in [-0.2, -0.15) is 5.26 Å². The maximum Gasteiger partial charge on any atom is 0.0631 e. The number of nitrogens with zero attached hydrogens (tertiary/aromatic N) is 1. The highest BCUT2D eigenvalue weighted by atomic mass is 16.5. The third-order valence-electron chi connectivity index (χ3n) is 3.10. The first-order valence-electron chi connectivity index (χ1n) is 9.60. The van der Waals surface area contributed by atoms with E-state index in [9.17, 15) is 0 Å². The SMILES string of the molecule is CC.CC#CCCC#N.CCC.CCCCCC1CCOCC1. The molecule has 1 aliphatic rings. The van der Waals surface area contributed by atoms with Crippen LogP contribution in [0.2, 0.25) is 0 Å². The molecule has 0 bridgehead atoms. The van der Waals surface area contributed by atoms with E-state index in [1.54, 1.807) is 6.92 Å². The molecular weight excluding hydrogens is 282 g/mol. The number of unbranched alkanes of at least 4 members (excludes halogenated alkanes) is 3. The lowest BCUT2D eigenvalue weighted by atomic mass is 9.94. The maximum absolute atomic E-state index is 7.98. The van der Waals surface area contributed by atoms with E-state index in [4.69, 9.17) is 10.00 Å². The summed E-state index contributed by atoms with van der Waals surface area (Å²) in [4.78, 5) is 0. The van der Waals surface area contributed by atoms with Crippen molar-refractivity contribution < 1.29 is 4.74 Å². The summed E-state index contributed by atoms with van der Waals surface area (Å²) in [5.74, 6) is 6.46. The highest BCUT2D eigenvalue weighted by Crippen LogP contribution is 2.20. The Labute approximate surface area is 147 Å². The minimum absolute atomic E-state index is 0.556. The topological polar surface area (TPSA) is 33.0 Å². The van der Waals surface area contributed by atoms with Gasteiger partial charge in [0.15, 0.2) is 0 Å². The van der Waals surface area contributed by atoms with Crippen LogP contribution in [-0.2, 0) is 4.74 Å². The molecule has 136 valence electrons. The predicted molar refractivity (Wildman–Crippen MR) is 103 cm³/mol. The van der Waals surface area contributed by atoms with Crippen LogP contribution in [0.15, 0.2) is 0 Å². The fourth-order valence-corrected chi connectivity index (χ4v) is 1.96. The average molecular weight is 324 g/mol. The summed E-state index contributed by atoms with van der Waals surface area (Å²) in [6, 6.07) is 2.00. The highest BCUT2D eigenvalue weighted by Gasteiger charge is 2.12. The first-order chi connectivity index (χ1) is 11.3.